The van der Waals surface area contributed by atoms with Gasteiger partial charge in [-0.15, -0.1) is 12.4 Å². The second-order valence-electron chi connectivity index (χ2n) is 15.0. The highest BCUT2D eigenvalue weighted by Gasteiger charge is 2.34. The van der Waals surface area contributed by atoms with Crippen molar-refractivity contribution in [2.75, 3.05) is 80.1 Å². The van der Waals surface area contributed by atoms with Crippen molar-refractivity contribution in [3.63, 3.8) is 0 Å². The summed E-state index contributed by atoms with van der Waals surface area (Å²) in [4.78, 5) is 73.9. The van der Waals surface area contributed by atoms with E-state index in [1.54, 1.807) is 66.1 Å². The van der Waals surface area contributed by atoms with Gasteiger partial charge in [-0.25, -0.2) is 38.1 Å². The number of hydrogen-bond donors (Lipinski definition) is 2. The molecule has 2 saturated heterocycles. The van der Waals surface area contributed by atoms with Crippen LogP contribution in [0.1, 0.15) is 25.7 Å². The maximum atomic E-state index is 15.0. The molecule has 20 nitrogen and oxygen atoms in total. The number of aromatic nitrogens is 2. The van der Waals surface area contributed by atoms with Gasteiger partial charge in [0.15, 0.2) is 0 Å². The van der Waals surface area contributed by atoms with Crippen molar-refractivity contribution >= 4 is 78.3 Å². The number of ether oxygens (including phenoxy) is 4. The van der Waals surface area contributed by atoms with Crippen LogP contribution in [0.3, 0.4) is 0 Å². The summed E-state index contributed by atoms with van der Waals surface area (Å²) in [5.41, 5.74) is 5.54. The standard InChI is InChI=1S/C23H25FN6O5.C21H22FN5O4.ClH/c1-25-22(32)30-10-9-28(14-27-30)20-7-3-15(12-26-20)18-6-4-16(11-19(18)24)29-13-17(35-23(29)33)5-8-21(31)34-2;1-30-20(28)7-4-16-12-27(21(29)31-16)15-3-5-17(18(22)10-15)14-2-6-19(23-11-14)26-9-8-24-25-13-26;/h3-4,6-7,11-12,14,17H,5,8-10,13H2,1-2H3,(H,25,32);2-3,5-6,10-11,13,16,24H,4,7-9,12H2,1H3;1H/t17-;16-;/m00./s1. The summed E-state index contributed by atoms with van der Waals surface area (Å²) in [6.45, 7) is 2.84. The number of rotatable bonds is 12. The molecular weight excluding hydrogens is 900 g/mol. The summed E-state index contributed by atoms with van der Waals surface area (Å²) < 4.78 is 49.6. The van der Waals surface area contributed by atoms with E-state index < -0.39 is 36.0 Å². The lowest BCUT2D eigenvalue weighted by Gasteiger charge is -2.27. The van der Waals surface area contributed by atoms with Crippen LogP contribution in [0.4, 0.5) is 46.2 Å². The molecule has 354 valence electrons. The highest BCUT2D eigenvalue weighted by Crippen LogP contribution is 2.32. The van der Waals surface area contributed by atoms with E-state index in [-0.39, 0.29) is 56.3 Å². The summed E-state index contributed by atoms with van der Waals surface area (Å²) in [7, 11) is 4.14. The zero-order valence-electron chi connectivity index (χ0n) is 36.7. The highest BCUT2D eigenvalue weighted by atomic mass is 35.5. The van der Waals surface area contributed by atoms with Gasteiger partial charge in [0.2, 0.25) is 0 Å². The third kappa shape index (κ3) is 12.0. The van der Waals surface area contributed by atoms with Crippen LogP contribution >= 0.6 is 12.4 Å². The molecule has 67 heavy (non-hydrogen) atoms. The number of carbonyl (C=O) groups excluding carboxylic acids is 5. The number of amides is 4. The van der Waals surface area contributed by atoms with E-state index in [1.807, 2.05) is 11.0 Å². The first-order valence-electron chi connectivity index (χ1n) is 20.9. The van der Waals surface area contributed by atoms with Gasteiger partial charge >= 0.3 is 30.2 Å². The van der Waals surface area contributed by atoms with Crippen LogP contribution < -0.4 is 30.3 Å². The largest absolute Gasteiger partial charge is 0.469 e. The van der Waals surface area contributed by atoms with Gasteiger partial charge in [0, 0.05) is 67.6 Å². The minimum absolute atomic E-state index is 0. The van der Waals surface area contributed by atoms with Gasteiger partial charge in [-0.2, -0.15) is 10.2 Å². The van der Waals surface area contributed by atoms with Crippen molar-refractivity contribution in [1.29, 1.82) is 0 Å². The molecule has 23 heteroatoms. The SMILES string of the molecule is CNC(=O)N1CCN(c2ccc(-c3ccc(N4C[C@H](CCC(=O)OC)OC4=O)cc3F)cn2)C=N1.COC(=O)CC[C@H]1CN(c2ccc(-c3ccc(N4C=NNCC4)nc3)c(F)c2)C(=O)O1.Cl. The second-order valence-corrected chi connectivity index (χ2v) is 15.0. The zero-order chi connectivity index (χ0) is 46.7. The molecule has 4 aliphatic rings. The first-order chi connectivity index (χ1) is 31.9. The maximum Gasteiger partial charge on any atom is 0.414 e. The average molecular weight is 948 g/mol. The smallest absolute Gasteiger partial charge is 0.414 e. The Morgan fingerprint density at radius 3 is 1.63 bits per heavy atom. The summed E-state index contributed by atoms with van der Waals surface area (Å²) in [5.74, 6) is -0.389. The van der Waals surface area contributed by atoms with E-state index in [0.717, 1.165) is 18.9 Å². The Kier molecular flexibility index (Phi) is 16.4. The molecule has 0 unspecified atom stereocenters. The van der Waals surface area contributed by atoms with Crippen molar-refractivity contribution in [3.05, 3.63) is 84.7 Å². The number of carbonyl (C=O) groups is 5. The molecule has 0 radical (unpaired) electrons. The fourth-order valence-electron chi connectivity index (χ4n) is 7.25. The van der Waals surface area contributed by atoms with Crippen LogP contribution in [0.5, 0.6) is 0 Å². The molecule has 2 atom stereocenters. The number of methoxy groups -OCH3 is 2. The lowest BCUT2D eigenvalue weighted by Crippen LogP contribution is -2.44. The van der Waals surface area contributed by atoms with Gasteiger partial charge in [0.1, 0.15) is 48.2 Å². The van der Waals surface area contributed by atoms with E-state index in [4.69, 9.17) is 9.47 Å². The van der Waals surface area contributed by atoms with Crippen LogP contribution in [0.25, 0.3) is 22.3 Å². The van der Waals surface area contributed by atoms with Crippen LogP contribution in [0.2, 0.25) is 0 Å². The van der Waals surface area contributed by atoms with Crippen molar-refractivity contribution < 1.29 is 51.7 Å². The highest BCUT2D eigenvalue weighted by molar-refractivity contribution is 5.91. The normalized spacial score (nSPS) is 17.4. The third-order valence-corrected chi connectivity index (χ3v) is 10.9. The van der Waals surface area contributed by atoms with Crippen LogP contribution in [-0.4, -0.2) is 131 Å². The molecule has 0 spiro atoms. The molecule has 2 aromatic carbocycles. The number of cyclic esters (lactones) is 2. The molecular formula is C44H48ClF2N11O9. The van der Waals surface area contributed by atoms with Gasteiger partial charge in [-0.3, -0.25) is 19.4 Å². The summed E-state index contributed by atoms with van der Waals surface area (Å²) in [5, 5.41) is 11.9. The molecule has 0 saturated carbocycles. The van der Waals surface area contributed by atoms with E-state index >= 15 is 0 Å². The van der Waals surface area contributed by atoms with Crippen LogP contribution in [0.15, 0.2) is 83.3 Å². The summed E-state index contributed by atoms with van der Waals surface area (Å²) >= 11 is 0. The van der Waals surface area contributed by atoms with Gasteiger partial charge < -0.3 is 39.5 Å². The van der Waals surface area contributed by atoms with Crippen molar-refractivity contribution in [2.45, 2.75) is 37.9 Å². The molecule has 2 fully saturated rings. The van der Waals surface area contributed by atoms with Crippen molar-refractivity contribution in [1.82, 2.24) is 25.7 Å². The van der Waals surface area contributed by atoms with Crippen molar-refractivity contribution in [2.24, 2.45) is 10.2 Å². The molecule has 2 aromatic heterocycles. The number of hydrogen-bond acceptors (Lipinski definition) is 16. The molecule has 6 heterocycles. The number of hydrazone groups is 2. The Morgan fingerprint density at radius 1 is 0.731 bits per heavy atom. The number of halogens is 3. The van der Waals surface area contributed by atoms with Crippen LogP contribution in [-0.2, 0) is 28.5 Å². The number of anilines is 4. The maximum absolute atomic E-state index is 15.0. The van der Waals surface area contributed by atoms with E-state index in [1.165, 1.54) is 54.5 Å². The number of nitrogens with one attached hydrogen (secondary N) is 2. The minimum Gasteiger partial charge on any atom is -0.469 e. The Labute approximate surface area is 389 Å². The molecule has 4 aromatic rings. The number of pyridine rings is 2. The Hall–Kier alpha value is -7.62. The Bertz CT molecular complexity index is 2490. The van der Waals surface area contributed by atoms with Crippen LogP contribution in [0, 0.1) is 11.6 Å². The van der Waals surface area contributed by atoms with Crippen molar-refractivity contribution in [3.8, 4) is 22.3 Å². The fraction of sp³-hybridized carbons (Fsp3) is 0.341. The predicted molar refractivity (Wildman–Crippen MR) is 245 cm³/mol. The van der Waals surface area contributed by atoms with E-state index in [9.17, 15) is 32.8 Å². The molecule has 0 aliphatic carbocycles. The molecule has 8 rings (SSSR count). The topological polar surface area (TPSA) is 213 Å². The van der Waals surface area contributed by atoms with Gasteiger partial charge in [0.05, 0.1) is 51.8 Å². The predicted octanol–water partition coefficient (Wildman–Crippen LogP) is 5.51. The van der Waals surface area contributed by atoms with Gasteiger partial charge in [0.25, 0.3) is 0 Å². The van der Waals surface area contributed by atoms with Gasteiger partial charge in [-0.1, -0.05) is 0 Å². The monoisotopic (exact) mass is 947 g/mol. The van der Waals surface area contributed by atoms with E-state index in [2.05, 4.69) is 40.4 Å². The minimum atomic E-state index is -0.587. The summed E-state index contributed by atoms with van der Waals surface area (Å²) in [6, 6.07) is 15.9. The lowest BCUT2D eigenvalue weighted by molar-refractivity contribution is -0.142. The molecule has 2 N–H and O–H groups in total. The Balaban J connectivity index is 0.000000219. The fourth-order valence-corrected chi connectivity index (χ4v) is 7.25. The molecule has 4 aliphatic heterocycles. The number of nitrogens with zero attached hydrogens (tertiary/aromatic N) is 9. The van der Waals surface area contributed by atoms with Gasteiger partial charge in [-0.05, 0) is 73.5 Å². The number of esters is 2. The average Bonchev–Trinajstić information content (AvgIpc) is 3.93. The van der Waals surface area contributed by atoms with E-state index in [0.29, 0.717) is 65.4 Å². The first-order valence-corrected chi connectivity index (χ1v) is 20.9. The number of urea groups is 1. The number of benzene rings is 2. The second kappa shape index (κ2) is 22.5. The third-order valence-electron chi connectivity index (χ3n) is 10.9. The Morgan fingerprint density at radius 2 is 1.24 bits per heavy atom. The lowest BCUT2D eigenvalue weighted by atomic mass is 10.1. The summed E-state index contributed by atoms with van der Waals surface area (Å²) in [6.07, 6.45) is 5.24. The molecule has 4 amide bonds. The quantitative estimate of drug-likeness (QED) is 0.132. The zero-order valence-corrected chi connectivity index (χ0v) is 37.5. The first kappa shape index (κ1) is 48.8. The molecule has 0 bridgehead atoms.